The number of aryl methyl sites for hydroxylation is 1. The summed E-state index contributed by atoms with van der Waals surface area (Å²) in [6.07, 6.45) is 6.64. The molecule has 1 fully saturated rings. The van der Waals surface area contributed by atoms with Gasteiger partial charge in [-0.25, -0.2) is 0 Å². The molecule has 1 unspecified atom stereocenters. The van der Waals surface area contributed by atoms with Crippen LogP contribution in [0.4, 0.5) is 5.69 Å². The number of nitrogens with zero attached hydrogens (tertiary/aromatic N) is 4. The highest BCUT2D eigenvalue weighted by Crippen LogP contribution is 2.32. The van der Waals surface area contributed by atoms with Crippen LogP contribution in [0.2, 0.25) is 5.02 Å². The fourth-order valence-corrected chi connectivity index (χ4v) is 5.03. The predicted molar refractivity (Wildman–Crippen MR) is 127 cm³/mol. The number of likely N-dealkylation sites (tertiary alicyclic amines) is 1. The highest BCUT2D eigenvalue weighted by atomic mass is 35.5. The highest BCUT2D eigenvalue weighted by Gasteiger charge is 2.30. The Morgan fingerprint density at radius 1 is 0.938 bits per heavy atom. The predicted octanol–water partition coefficient (Wildman–Crippen LogP) is 5.10. The first-order valence-electron chi connectivity index (χ1n) is 11.5. The van der Waals surface area contributed by atoms with E-state index in [-0.39, 0.29) is 11.9 Å². The normalized spacial score (nSPS) is 17.5. The minimum absolute atomic E-state index is 0.0218. The van der Waals surface area contributed by atoms with Crippen molar-refractivity contribution in [3.63, 3.8) is 0 Å². The van der Waals surface area contributed by atoms with Gasteiger partial charge in [-0.1, -0.05) is 48.4 Å². The molecule has 3 heterocycles. The number of anilines is 1. The van der Waals surface area contributed by atoms with Crippen molar-refractivity contribution >= 4 is 23.2 Å². The second-order valence-corrected chi connectivity index (χ2v) is 9.05. The molecule has 0 aliphatic carbocycles. The Morgan fingerprint density at radius 2 is 1.72 bits per heavy atom. The maximum absolute atomic E-state index is 13.4. The zero-order valence-electron chi connectivity index (χ0n) is 18.1. The Kier molecular flexibility index (Phi) is 6.23. The summed E-state index contributed by atoms with van der Waals surface area (Å²) >= 11 is 6.57. The van der Waals surface area contributed by atoms with Crippen molar-refractivity contribution in [2.24, 2.45) is 0 Å². The van der Waals surface area contributed by atoms with Gasteiger partial charge in [0.05, 0.1) is 5.02 Å². The van der Waals surface area contributed by atoms with E-state index in [0.717, 1.165) is 80.2 Å². The van der Waals surface area contributed by atoms with Crippen LogP contribution in [0.15, 0.2) is 48.5 Å². The van der Waals surface area contributed by atoms with Crippen LogP contribution in [-0.2, 0) is 17.8 Å². The van der Waals surface area contributed by atoms with Crippen molar-refractivity contribution < 1.29 is 4.79 Å². The Bertz CT molecular complexity index is 1090. The lowest BCUT2D eigenvalue weighted by Gasteiger charge is -2.27. The monoisotopic (exact) mass is 449 g/mol. The number of rotatable bonds is 5. The molecule has 2 aliphatic heterocycles. The van der Waals surface area contributed by atoms with Crippen molar-refractivity contribution in [2.45, 2.75) is 51.1 Å². The van der Waals surface area contributed by atoms with E-state index in [0.29, 0.717) is 5.02 Å². The molecule has 1 N–H and O–H groups in total. The lowest BCUT2D eigenvalue weighted by molar-refractivity contribution is -0.121. The van der Waals surface area contributed by atoms with Gasteiger partial charge >= 0.3 is 0 Å². The summed E-state index contributed by atoms with van der Waals surface area (Å²) in [5.41, 5.74) is 2.55. The van der Waals surface area contributed by atoms with Gasteiger partial charge < -0.3 is 9.88 Å². The van der Waals surface area contributed by atoms with Crippen molar-refractivity contribution in [1.29, 1.82) is 0 Å². The topological polar surface area (TPSA) is 63.1 Å². The third-order valence-electron chi connectivity index (χ3n) is 6.45. The minimum atomic E-state index is -0.304. The molecule has 32 heavy (non-hydrogen) atoms. The molecular weight excluding hydrogens is 422 g/mol. The van der Waals surface area contributed by atoms with E-state index >= 15 is 0 Å². The largest absolute Gasteiger partial charge is 0.324 e. The second-order valence-electron chi connectivity index (χ2n) is 8.64. The molecule has 0 radical (unpaired) electrons. The van der Waals surface area contributed by atoms with Crippen LogP contribution in [0.25, 0.3) is 11.4 Å². The maximum atomic E-state index is 13.4. The number of hydrogen-bond donors (Lipinski definition) is 1. The summed E-state index contributed by atoms with van der Waals surface area (Å²) < 4.78 is 2.18. The lowest BCUT2D eigenvalue weighted by Crippen LogP contribution is -2.35. The van der Waals surface area contributed by atoms with Crippen LogP contribution in [0.5, 0.6) is 0 Å². The summed E-state index contributed by atoms with van der Waals surface area (Å²) in [6.45, 7) is 2.77. The van der Waals surface area contributed by atoms with E-state index in [1.165, 1.54) is 6.42 Å². The number of fused-ring (bicyclic) bond motifs is 1. The zero-order chi connectivity index (χ0) is 21.9. The number of hydrogen-bond acceptors (Lipinski definition) is 4. The van der Waals surface area contributed by atoms with E-state index in [4.69, 9.17) is 11.6 Å². The molecule has 0 spiro atoms. The van der Waals surface area contributed by atoms with E-state index in [9.17, 15) is 4.79 Å². The van der Waals surface area contributed by atoms with Crippen LogP contribution in [0, 0.1) is 0 Å². The second kappa shape index (κ2) is 9.43. The van der Waals surface area contributed by atoms with E-state index in [2.05, 4.69) is 25.0 Å². The average molecular weight is 450 g/mol. The molecule has 7 heteroatoms. The average Bonchev–Trinajstić information content (AvgIpc) is 3.41. The first-order valence-corrected chi connectivity index (χ1v) is 11.9. The molecule has 2 aliphatic rings. The van der Waals surface area contributed by atoms with Crippen molar-refractivity contribution in [3.8, 4) is 11.4 Å². The third kappa shape index (κ3) is 4.30. The summed E-state index contributed by atoms with van der Waals surface area (Å²) in [5.74, 6) is 1.77. The molecule has 1 amide bonds. The molecule has 5 rings (SSSR count). The summed E-state index contributed by atoms with van der Waals surface area (Å²) in [4.78, 5) is 15.7. The van der Waals surface area contributed by atoms with Gasteiger partial charge in [-0.05, 0) is 62.5 Å². The molecule has 1 aromatic heterocycles. The molecular formula is C25H28ClN5O. The summed E-state index contributed by atoms with van der Waals surface area (Å²) in [5, 5.41) is 12.6. The van der Waals surface area contributed by atoms with Gasteiger partial charge in [0, 0.05) is 24.2 Å². The first-order chi connectivity index (χ1) is 15.7. The molecule has 1 saturated heterocycles. The quantitative estimate of drug-likeness (QED) is 0.588. The van der Waals surface area contributed by atoms with Crippen LogP contribution in [0.1, 0.15) is 49.5 Å². The number of benzene rings is 2. The fraction of sp³-hybridized carbons (Fsp3) is 0.400. The van der Waals surface area contributed by atoms with Gasteiger partial charge in [0.15, 0.2) is 5.82 Å². The summed E-state index contributed by atoms with van der Waals surface area (Å²) in [6, 6.07) is 15.3. The molecule has 2 aromatic carbocycles. The Balaban J connectivity index is 1.43. The van der Waals surface area contributed by atoms with Crippen LogP contribution < -0.4 is 5.32 Å². The number of aromatic nitrogens is 3. The first kappa shape index (κ1) is 21.2. The SMILES string of the molecule is O=C(Nc1ccc(Cl)c(-c2nnc3n2CCCCC3)c1)C(c1ccccc1)N1CCCC1. The van der Waals surface area contributed by atoms with Gasteiger partial charge in [0.2, 0.25) is 5.91 Å². The van der Waals surface area contributed by atoms with E-state index in [1.54, 1.807) is 0 Å². The van der Waals surface area contributed by atoms with E-state index in [1.807, 2.05) is 48.5 Å². The highest BCUT2D eigenvalue weighted by molar-refractivity contribution is 6.33. The molecule has 3 aromatic rings. The van der Waals surface area contributed by atoms with Crippen molar-refractivity contribution in [2.75, 3.05) is 18.4 Å². The standard InChI is InChI=1S/C25H28ClN5O/c26-21-13-12-19(17-20(21)24-29-28-22-11-5-2-6-16-31(22)24)27-25(32)23(30-14-7-8-15-30)18-9-3-1-4-10-18/h1,3-4,9-10,12-13,17,23H,2,5-8,11,14-16H2,(H,27,32). The number of nitrogens with one attached hydrogen (secondary N) is 1. The van der Waals surface area contributed by atoms with Crippen LogP contribution in [0.3, 0.4) is 0 Å². The molecule has 166 valence electrons. The van der Waals surface area contributed by atoms with Crippen molar-refractivity contribution in [1.82, 2.24) is 19.7 Å². The Morgan fingerprint density at radius 3 is 2.53 bits per heavy atom. The molecule has 0 saturated carbocycles. The molecule has 1 atom stereocenters. The van der Waals surface area contributed by atoms with E-state index < -0.39 is 0 Å². The number of carbonyl (C=O) groups is 1. The van der Waals surface area contributed by atoms with Gasteiger partial charge in [0.25, 0.3) is 0 Å². The third-order valence-corrected chi connectivity index (χ3v) is 6.78. The van der Waals surface area contributed by atoms with Gasteiger partial charge in [-0.15, -0.1) is 10.2 Å². The lowest BCUT2D eigenvalue weighted by atomic mass is 10.0. The number of carbonyl (C=O) groups excluding carboxylic acids is 1. The molecule has 0 bridgehead atoms. The number of amides is 1. The summed E-state index contributed by atoms with van der Waals surface area (Å²) in [7, 11) is 0. The minimum Gasteiger partial charge on any atom is -0.324 e. The smallest absolute Gasteiger partial charge is 0.246 e. The fourth-order valence-electron chi connectivity index (χ4n) is 4.83. The van der Waals surface area contributed by atoms with Gasteiger partial charge in [-0.2, -0.15) is 0 Å². The van der Waals surface area contributed by atoms with Crippen LogP contribution >= 0.6 is 11.6 Å². The Hall–Kier alpha value is -2.70. The zero-order valence-corrected chi connectivity index (χ0v) is 18.9. The van der Waals surface area contributed by atoms with Crippen molar-refractivity contribution in [3.05, 3.63) is 64.9 Å². The maximum Gasteiger partial charge on any atom is 0.246 e. The van der Waals surface area contributed by atoms with Gasteiger partial charge in [0.1, 0.15) is 11.9 Å². The molecule has 6 nitrogen and oxygen atoms in total. The van der Waals surface area contributed by atoms with Gasteiger partial charge in [-0.3, -0.25) is 9.69 Å². The Labute approximate surface area is 193 Å². The van der Waals surface area contributed by atoms with Crippen LogP contribution in [-0.4, -0.2) is 38.7 Å². The number of halogens is 1.